The largest absolute Gasteiger partial charge is 0.357 e. The number of guanidine groups is 1. The van der Waals surface area contributed by atoms with Crippen molar-refractivity contribution in [3.63, 3.8) is 0 Å². The van der Waals surface area contributed by atoms with Crippen LogP contribution in [-0.2, 0) is 4.79 Å². The van der Waals surface area contributed by atoms with Crippen molar-refractivity contribution in [3.8, 4) is 0 Å². The first kappa shape index (κ1) is 20.3. The third kappa shape index (κ3) is 7.19. The van der Waals surface area contributed by atoms with Crippen molar-refractivity contribution in [1.29, 1.82) is 0 Å². The zero-order chi connectivity index (χ0) is 18.0. The van der Waals surface area contributed by atoms with Crippen molar-refractivity contribution >= 4 is 17.9 Å². The summed E-state index contributed by atoms with van der Waals surface area (Å²) in [6, 6.07) is -0.319. The van der Waals surface area contributed by atoms with E-state index in [0.717, 1.165) is 25.5 Å². The molecule has 0 saturated carbocycles. The summed E-state index contributed by atoms with van der Waals surface area (Å²) in [7, 11) is 0. The summed E-state index contributed by atoms with van der Waals surface area (Å²) in [5.41, 5.74) is 0.169. The Morgan fingerprint density at radius 1 is 1.25 bits per heavy atom. The molecule has 3 amide bonds. The van der Waals surface area contributed by atoms with Crippen LogP contribution in [-0.4, -0.2) is 55.5 Å². The number of unbranched alkanes of at least 4 members (excludes halogenated alkanes) is 2. The minimum Gasteiger partial charge on any atom is -0.357 e. The maximum absolute atomic E-state index is 11.5. The van der Waals surface area contributed by atoms with Gasteiger partial charge in [-0.25, -0.2) is 4.79 Å². The van der Waals surface area contributed by atoms with Gasteiger partial charge in [0.05, 0.1) is 6.54 Å². The number of imide groups is 1. The van der Waals surface area contributed by atoms with Gasteiger partial charge in [0.25, 0.3) is 0 Å². The molecule has 0 radical (unpaired) electrons. The predicted octanol–water partition coefficient (Wildman–Crippen LogP) is 1.70. The molecule has 0 aromatic heterocycles. The molecule has 0 aromatic carbocycles. The van der Waals surface area contributed by atoms with Crippen LogP contribution < -0.4 is 16.0 Å². The highest BCUT2D eigenvalue weighted by Gasteiger charge is 2.27. The van der Waals surface area contributed by atoms with Gasteiger partial charge in [-0.05, 0) is 18.8 Å². The van der Waals surface area contributed by atoms with Gasteiger partial charge in [0, 0.05) is 26.2 Å². The van der Waals surface area contributed by atoms with Crippen molar-refractivity contribution in [2.75, 3.05) is 32.7 Å². The second-order valence-corrected chi connectivity index (χ2v) is 6.95. The lowest BCUT2D eigenvalue weighted by molar-refractivity contribution is -0.124. The lowest BCUT2D eigenvalue weighted by Gasteiger charge is -2.23. The summed E-state index contributed by atoms with van der Waals surface area (Å²) >= 11 is 0. The van der Waals surface area contributed by atoms with Gasteiger partial charge < -0.3 is 16.0 Å². The van der Waals surface area contributed by atoms with Crippen LogP contribution in [0.1, 0.15) is 53.4 Å². The second-order valence-electron chi connectivity index (χ2n) is 6.95. The minimum absolute atomic E-state index is 0.0962. The predicted molar refractivity (Wildman–Crippen MR) is 97.0 cm³/mol. The quantitative estimate of drug-likeness (QED) is 0.245. The molecule has 7 nitrogen and oxygen atoms in total. The highest BCUT2D eigenvalue weighted by Crippen LogP contribution is 2.23. The molecule has 1 rings (SSSR count). The number of amides is 3. The number of carbonyl (C=O) groups is 2. The Balaban J connectivity index is 2.44. The number of nitrogens with zero attached hydrogens (tertiary/aromatic N) is 2. The average Bonchev–Trinajstić information content (AvgIpc) is 2.84. The van der Waals surface area contributed by atoms with E-state index in [0.29, 0.717) is 13.1 Å². The number of hydrogen-bond acceptors (Lipinski definition) is 3. The SMILES string of the molecule is CCCCCC(C)(C)CN=C(NCC)NCCN1C(=O)CNC1=O. The fourth-order valence-electron chi connectivity index (χ4n) is 2.54. The molecule has 0 unspecified atom stereocenters. The van der Waals surface area contributed by atoms with Crippen molar-refractivity contribution in [1.82, 2.24) is 20.9 Å². The molecule has 3 N–H and O–H groups in total. The van der Waals surface area contributed by atoms with Crippen LogP contribution in [0.15, 0.2) is 4.99 Å². The van der Waals surface area contributed by atoms with Crippen molar-refractivity contribution < 1.29 is 9.59 Å². The van der Waals surface area contributed by atoms with Gasteiger partial charge in [-0.2, -0.15) is 0 Å². The molecule has 24 heavy (non-hydrogen) atoms. The van der Waals surface area contributed by atoms with E-state index in [1.165, 1.54) is 24.2 Å². The van der Waals surface area contributed by atoms with E-state index in [9.17, 15) is 9.59 Å². The summed E-state index contributed by atoms with van der Waals surface area (Å²) < 4.78 is 0. The van der Waals surface area contributed by atoms with E-state index in [2.05, 4.69) is 41.7 Å². The van der Waals surface area contributed by atoms with Crippen molar-refractivity contribution in [2.24, 2.45) is 10.4 Å². The highest BCUT2D eigenvalue weighted by atomic mass is 16.2. The van der Waals surface area contributed by atoms with E-state index >= 15 is 0 Å². The van der Waals surface area contributed by atoms with Crippen LogP contribution in [0.4, 0.5) is 4.79 Å². The summed E-state index contributed by atoms with van der Waals surface area (Å²) in [5.74, 6) is 0.550. The number of urea groups is 1. The molecule has 1 fully saturated rings. The molecule has 138 valence electrons. The number of hydrogen-bond donors (Lipinski definition) is 3. The van der Waals surface area contributed by atoms with E-state index in [4.69, 9.17) is 0 Å². The third-order valence-corrected chi connectivity index (χ3v) is 4.03. The topological polar surface area (TPSA) is 85.8 Å². The molecule has 0 spiro atoms. The summed E-state index contributed by atoms with van der Waals surface area (Å²) in [5, 5.41) is 8.91. The molecule has 1 saturated heterocycles. The van der Waals surface area contributed by atoms with Crippen molar-refractivity contribution in [3.05, 3.63) is 0 Å². The van der Waals surface area contributed by atoms with Gasteiger partial charge in [0.15, 0.2) is 5.96 Å². The van der Waals surface area contributed by atoms with Gasteiger partial charge in [-0.15, -0.1) is 0 Å². The molecule has 0 aliphatic carbocycles. The van der Waals surface area contributed by atoms with Gasteiger partial charge in [0.1, 0.15) is 0 Å². The number of carbonyl (C=O) groups excluding carboxylic acids is 2. The van der Waals surface area contributed by atoms with E-state index < -0.39 is 0 Å². The van der Waals surface area contributed by atoms with Crippen LogP contribution in [0, 0.1) is 5.41 Å². The van der Waals surface area contributed by atoms with Gasteiger partial charge in [-0.3, -0.25) is 14.7 Å². The molecule has 0 bridgehead atoms. The summed E-state index contributed by atoms with van der Waals surface area (Å²) in [6.45, 7) is 11.1. The average molecular weight is 339 g/mol. The smallest absolute Gasteiger partial charge is 0.324 e. The van der Waals surface area contributed by atoms with Crippen LogP contribution in [0.3, 0.4) is 0 Å². The van der Waals surface area contributed by atoms with Gasteiger partial charge in [-0.1, -0.05) is 40.0 Å². The standard InChI is InChI=1S/C17H33N5O2/c1-5-7-8-9-17(3,4)13-21-15(18-6-2)19-10-11-22-14(23)12-20-16(22)24/h5-13H2,1-4H3,(H,20,24)(H2,18,19,21). The van der Waals surface area contributed by atoms with Gasteiger partial charge >= 0.3 is 6.03 Å². The Hall–Kier alpha value is -1.79. The lowest BCUT2D eigenvalue weighted by Crippen LogP contribution is -2.43. The van der Waals surface area contributed by atoms with Crippen molar-refractivity contribution in [2.45, 2.75) is 53.4 Å². The van der Waals surface area contributed by atoms with E-state index in [1.807, 2.05) is 6.92 Å². The second kappa shape index (κ2) is 10.2. The van der Waals surface area contributed by atoms with Crippen LogP contribution in [0.5, 0.6) is 0 Å². The fraction of sp³-hybridized carbons (Fsp3) is 0.824. The Morgan fingerprint density at radius 3 is 2.58 bits per heavy atom. The zero-order valence-corrected chi connectivity index (χ0v) is 15.6. The minimum atomic E-state index is -0.319. The Labute approximate surface area is 145 Å². The first-order valence-corrected chi connectivity index (χ1v) is 9.00. The normalized spacial score (nSPS) is 15.7. The first-order chi connectivity index (χ1) is 11.4. The third-order valence-electron chi connectivity index (χ3n) is 4.03. The van der Waals surface area contributed by atoms with Crippen LogP contribution in [0.25, 0.3) is 0 Å². The Bertz CT molecular complexity index is 432. The molecule has 0 aromatic rings. The van der Waals surface area contributed by atoms with E-state index in [-0.39, 0.29) is 23.9 Å². The zero-order valence-electron chi connectivity index (χ0n) is 15.6. The molecule has 0 atom stereocenters. The highest BCUT2D eigenvalue weighted by molar-refractivity contribution is 6.01. The maximum Gasteiger partial charge on any atom is 0.324 e. The number of nitrogens with one attached hydrogen (secondary N) is 3. The summed E-state index contributed by atoms with van der Waals surface area (Å²) in [4.78, 5) is 28.9. The number of rotatable bonds is 10. The lowest BCUT2D eigenvalue weighted by atomic mass is 9.87. The van der Waals surface area contributed by atoms with Gasteiger partial charge in [0.2, 0.25) is 5.91 Å². The molecule has 1 heterocycles. The Kier molecular flexibility index (Phi) is 8.57. The summed E-state index contributed by atoms with van der Waals surface area (Å²) in [6.07, 6.45) is 4.88. The number of aliphatic imine (C=N–C) groups is 1. The molecular formula is C17H33N5O2. The fourth-order valence-corrected chi connectivity index (χ4v) is 2.54. The first-order valence-electron chi connectivity index (χ1n) is 9.00. The molecule has 7 heteroatoms. The molecular weight excluding hydrogens is 306 g/mol. The Morgan fingerprint density at radius 2 is 2.00 bits per heavy atom. The van der Waals surface area contributed by atoms with E-state index in [1.54, 1.807) is 0 Å². The monoisotopic (exact) mass is 339 g/mol. The molecule has 1 aliphatic rings. The van der Waals surface area contributed by atoms with Crippen LogP contribution in [0.2, 0.25) is 0 Å². The molecule has 1 aliphatic heterocycles. The maximum atomic E-state index is 11.5. The van der Waals surface area contributed by atoms with Crippen LogP contribution >= 0.6 is 0 Å².